The Morgan fingerprint density at radius 2 is 1.81 bits per heavy atom. The highest BCUT2D eigenvalue weighted by molar-refractivity contribution is 6.10. The first-order chi connectivity index (χ1) is 20.2. The highest BCUT2D eigenvalue weighted by Crippen LogP contribution is 2.70. The van der Waals surface area contributed by atoms with Crippen LogP contribution in [0.5, 0.6) is 17.2 Å². The third kappa shape index (κ3) is 3.91. The molecule has 0 aromatic heterocycles. The largest absolute Gasteiger partial charge is 0.506 e. The first kappa shape index (κ1) is 29.8. The maximum absolute atomic E-state index is 15.0. The lowest BCUT2D eigenvalue weighted by Crippen LogP contribution is -2.80. The normalized spacial score (nSPS) is 34.1. The molecule has 3 aliphatic carbocycles. The SMILES string of the molecule is CCO[C@H]1C2C(=O)c3c(O)c4c(c(CC=C(C)C)c3O[C@@]23[C@@H]2C[C@@H]1C(=O)C3(C/C=C(\C)C=O)OC2(C)C)OC(C)(C)C=C4. The van der Waals surface area contributed by atoms with E-state index in [0.29, 0.717) is 41.9 Å². The summed E-state index contributed by atoms with van der Waals surface area (Å²) in [6.45, 7) is 15.6. The maximum atomic E-state index is 15.0. The molecule has 2 unspecified atom stereocenters. The number of ether oxygens (including phenoxy) is 4. The van der Waals surface area contributed by atoms with E-state index in [1.165, 1.54) is 0 Å². The van der Waals surface area contributed by atoms with E-state index in [0.717, 1.165) is 11.9 Å². The summed E-state index contributed by atoms with van der Waals surface area (Å²) in [5, 5.41) is 11.7. The Labute approximate surface area is 253 Å². The molecule has 8 heteroatoms. The number of carbonyl (C=O) groups is 3. The van der Waals surface area contributed by atoms with Crippen LogP contribution < -0.4 is 9.47 Å². The van der Waals surface area contributed by atoms with E-state index in [-0.39, 0.29) is 41.0 Å². The summed E-state index contributed by atoms with van der Waals surface area (Å²) in [5.41, 5.74) is -1.73. The van der Waals surface area contributed by atoms with Crippen molar-refractivity contribution < 1.29 is 38.4 Å². The fourth-order valence-electron chi connectivity index (χ4n) is 8.38. The van der Waals surface area contributed by atoms with Crippen LogP contribution in [0.1, 0.15) is 89.7 Å². The minimum atomic E-state index is -1.53. The molecule has 4 bridgehead atoms. The Bertz CT molecular complexity index is 1520. The molecule has 230 valence electrons. The van der Waals surface area contributed by atoms with Crippen LogP contribution >= 0.6 is 0 Å². The van der Waals surface area contributed by atoms with Crippen molar-refractivity contribution >= 4 is 23.9 Å². The van der Waals surface area contributed by atoms with E-state index in [1.807, 2.05) is 60.6 Å². The van der Waals surface area contributed by atoms with Crippen LogP contribution in [0.25, 0.3) is 6.08 Å². The molecule has 7 rings (SSSR count). The lowest BCUT2D eigenvalue weighted by Gasteiger charge is -2.62. The van der Waals surface area contributed by atoms with Gasteiger partial charge in [0.05, 0.1) is 23.2 Å². The lowest BCUT2D eigenvalue weighted by atomic mass is 9.45. The second-order valence-corrected chi connectivity index (χ2v) is 14.0. The molecule has 6 aliphatic rings. The Balaban J connectivity index is 1.68. The average Bonchev–Trinajstić information content (AvgIpc) is 3.07. The van der Waals surface area contributed by atoms with Gasteiger partial charge in [0, 0.05) is 30.4 Å². The molecule has 43 heavy (non-hydrogen) atoms. The molecule has 0 radical (unpaired) electrons. The predicted octanol–water partition coefficient (Wildman–Crippen LogP) is 5.72. The lowest BCUT2D eigenvalue weighted by molar-refractivity contribution is -0.226. The van der Waals surface area contributed by atoms with Crippen LogP contribution in [0.2, 0.25) is 0 Å². The second-order valence-electron chi connectivity index (χ2n) is 14.0. The van der Waals surface area contributed by atoms with Crippen molar-refractivity contribution in [3.05, 3.63) is 46.1 Å². The number of benzene rings is 1. The van der Waals surface area contributed by atoms with Crippen molar-refractivity contribution in [2.45, 2.75) is 103 Å². The van der Waals surface area contributed by atoms with Gasteiger partial charge < -0.3 is 24.1 Å². The number of hydrogen-bond acceptors (Lipinski definition) is 8. The minimum Gasteiger partial charge on any atom is -0.506 e. The number of rotatable bonds is 7. The van der Waals surface area contributed by atoms with Gasteiger partial charge in [-0.1, -0.05) is 17.7 Å². The van der Waals surface area contributed by atoms with Crippen LogP contribution in [-0.4, -0.2) is 58.1 Å². The Hall–Kier alpha value is -3.23. The van der Waals surface area contributed by atoms with E-state index in [9.17, 15) is 19.5 Å². The fraction of sp³-hybridized carbons (Fsp3) is 0.571. The third-order valence-corrected chi connectivity index (χ3v) is 10.1. The Morgan fingerprint density at radius 1 is 1.09 bits per heavy atom. The van der Waals surface area contributed by atoms with Gasteiger partial charge in [-0.3, -0.25) is 14.4 Å². The third-order valence-electron chi connectivity index (χ3n) is 10.1. The molecule has 6 atom stereocenters. The van der Waals surface area contributed by atoms with Crippen molar-refractivity contribution in [2.24, 2.45) is 17.8 Å². The van der Waals surface area contributed by atoms with Crippen molar-refractivity contribution in [3.8, 4) is 17.2 Å². The first-order valence-corrected chi connectivity index (χ1v) is 15.3. The zero-order chi connectivity index (χ0) is 31.3. The summed E-state index contributed by atoms with van der Waals surface area (Å²) < 4.78 is 26.7. The summed E-state index contributed by atoms with van der Waals surface area (Å²) in [5.74, 6) is -1.82. The molecule has 3 heterocycles. The van der Waals surface area contributed by atoms with E-state index < -0.39 is 40.3 Å². The molecule has 4 fully saturated rings. The highest BCUT2D eigenvalue weighted by atomic mass is 16.6. The summed E-state index contributed by atoms with van der Waals surface area (Å²) in [6, 6.07) is 0. The molecular formula is C35H42O8. The first-order valence-electron chi connectivity index (χ1n) is 15.3. The molecule has 3 saturated carbocycles. The van der Waals surface area contributed by atoms with Crippen molar-refractivity contribution in [3.63, 3.8) is 0 Å². The van der Waals surface area contributed by atoms with Gasteiger partial charge in [-0.2, -0.15) is 0 Å². The minimum absolute atomic E-state index is 0.0806. The van der Waals surface area contributed by atoms with Crippen LogP contribution in [0, 0.1) is 17.8 Å². The standard InChI is InChI=1S/C35H42O8/c1-9-40-30-22-16-23-33(7,8)43-34(31(22)39,15-12-19(4)17-36)35(23)25(30)27(38)24-26(37)20-13-14-32(5,6)41-28(20)21(29(24)42-35)11-10-18(2)3/h10,12-14,17,22-23,25,30,37H,9,11,15-16H2,1-8H3/b19-12+/t22-,23+,25?,30+,34?,35-/m0/s1. The molecular weight excluding hydrogens is 548 g/mol. The van der Waals surface area contributed by atoms with Crippen molar-refractivity contribution in [1.29, 1.82) is 0 Å². The Morgan fingerprint density at radius 3 is 2.47 bits per heavy atom. The molecule has 1 aromatic rings. The van der Waals surface area contributed by atoms with Gasteiger partial charge in [0.15, 0.2) is 22.8 Å². The van der Waals surface area contributed by atoms with Crippen LogP contribution in [-0.2, 0) is 25.5 Å². The number of fused-ring (bicyclic) bond motifs is 2. The number of phenolic OH excluding ortho intramolecular Hbond substituents is 1. The molecule has 1 N–H and O–H groups in total. The number of Topliss-reactive ketones (excluding diaryl/α,β-unsaturated/α-hetero) is 2. The van der Waals surface area contributed by atoms with E-state index in [2.05, 4.69) is 0 Å². The van der Waals surface area contributed by atoms with Crippen LogP contribution in [0.15, 0.2) is 29.4 Å². The fourth-order valence-corrected chi connectivity index (χ4v) is 8.38. The topological polar surface area (TPSA) is 108 Å². The quantitative estimate of drug-likeness (QED) is 0.244. The van der Waals surface area contributed by atoms with Gasteiger partial charge in [-0.15, -0.1) is 0 Å². The number of hydrogen-bond donors (Lipinski definition) is 1. The molecule has 0 amide bonds. The van der Waals surface area contributed by atoms with Gasteiger partial charge in [0.1, 0.15) is 34.7 Å². The van der Waals surface area contributed by atoms with E-state index in [1.54, 1.807) is 19.1 Å². The van der Waals surface area contributed by atoms with E-state index in [4.69, 9.17) is 18.9 Å². The zero-order valence-electron chi connectivity index (χ0n) is 26.3. The summed E-state index contributed by atoms with van der Waals surface area (Å²) in [6.07, 6.45) is 8.33. The highest BCUT2D eigenvalue weighted by Gasteiger charge is 2.85. The number of allylic oxidation sites excluding steroid dienone is 3. The number of aldehydes is 1. The van der Waals surface area contributed by atoms with Gasteiger partial charge in [0.25, 0.3) is 0 Å². The zero-order valence-corrected chi connectivity index (χ0v) is 26.3. The van der Waals surface area contributed by atoms with Gasteiger partial charge in [-0.25, -0.2) is 0 Å². The molecule has 8 nitrogen and oxygen atoms in total. The van der Waals surface area contributed by atoms with Crippen LogP contribution in [0.3, 0.4) is 0 Å². The maximum Gasteiger partial charge on any atom is 0.180 e. The number of aromatic hydroxyl groups is 1. The summed E-state index contributed by atoms with van der Waals surface area (Å²) >= 11 is 0. The predicted molar refractivity (Wildman–Crippen MR) is 161 cm³/mol. The molecule has 1 spiro atoms. The van der Waals surface area contributed by atoms with E-state index >= 15 is 0 Å². The molecule has 1 saturated heterocycles. The van der Waals surface area contributed by atoms with Crippen molar-refractivity contribution in [2.75, 3.05) is 6.61 Å². The monoisotopic (exact) mass is 590 g/mol. The smallest absolute Gasteiger partial charge is 0.180 e. The van der Waals surface area contributed by atoms with Gasteiger partial charge in [0.2, 0.25) is 0 Å². The summed E-state index contributed by atoms with van der Waals surface area (Å²) in [4.78, 5) is 41.2. The summed E-state index contributed by atoms with van der Waals surface area (Å²) in [7, 11) is 0. The molecule has 3 aliphatic heterocycles. The Kier molecular flexibility index (Phi) is 6.68. The second kappa shape index (κ2) is 9.63. The molecule has 1 aromatic carbocycles. The van der Waals surface area contributed by atoms with Gasteiger partial charge >= 0.3 is 0 Å². The van der Waals surface area contributed by atoms with Crippen molar-refractivity contribution in [1.82, 2.24) is 0 Å². The number of phenols is 1. The number of carbonyl (C=O) groups excluding carboxylic acids is 3. The average molecular weight is 591 g/mol. The van der Waals surface area contributed by atoms with Crippen LogP contribution in [0.4, 0.5) is 0 Å². The number of ketones is 2. The van der Waals surface area contributed by atoms with Gasteiger partial charge in [-0.05, 0) is 86.0 Å².